The van der Waals surface area contributed by atoms with Gasteiger partial charge in [0.15, 0.2) is 62.9 Å². The monoisotopic (exact) mass is 1460 g/mol. The lowest BCUT2D eigenvalue weighted by Crippen LogP contribution is -2.73. The number of hydrogen-bond donors (Lipinski definition) is 4. The van der Waals surface area contributed by atoms with E-state index in [1.54, 1.807) is 0 Å². The van der Waals surface area contributed by atoms with Gasteiger partial charge in [0.1, 0.15) is 52.8 Å². The Hall–Kier alpha value is -13.2. The van der Waals surface area contributed by atoms with Crippen molar-refractivity contribution in [3.8, 4) is 91.1 Å². The number of rotatable bonds is 8. The molecule has 0 spiro atoms. The summed E-state index contributed by atoms with van der Waals surface area (Å²) in [6.07, 6.45) is 0. The first-order chi connectivity index (χ1) is 53.9. The minimum atomic E-state index is -3.11. The maximum absolute atomic E-state index is 8.20. The Kier molecular flexibility index (Phi) is 15.6. The van der Waals surface area contributed by atoms with Gasteiger partial charge in [0.25, 0.3) is 22.9 Å². The van der Waals surface area contributed by atoms with Crippen LogP contribution in [0.1, 0.15) is 0 Å². The summed E-state index contributed by atoms with van der Waals surface area (Å²) in [5.41, 5.74) is 12.7. The summed E-state index contributed by atoms with van der Waals surface area (Å²) in [6.45, 7) is 0. The van der Waals surface area contributed by atoms with Gasteiger partial charge in [-0.15, -0.1) is 8.85 Å². The van der Waals surface area contributed by atoms with E-state index < -0.39 is 30.5 Å². The van der Waals surface area contributed by atoms with Gasteiger partial charge in [-0.3, -0.25) is 0 Å². The maximum atomic E-state index is 8.20. The first-order valence-corrected chi connectivity index (χ1v) is 42.6. The Balaban J connectivity index is 0.000000157. The van der Waals surface area contributed by atoms with Crippen LogP contribution in [0.15, 0.2) is 303 Å². The summed E-state index contributed by atoms with van der Waals surface area (Å²) in [4.78, 5) is 75.8. The molecule has 1 atom stereocenters. The molecule has 4 N–H and O–H groups in total. The van der Waals surface area contributed by atoms with E-state index in [9.17, 15) is 0 Å². The van der Waals surface area contributed by atoms with Crippen LogP contribution in [-0.2, 0) is 4.12 Å². The fourth-order valence-corrected chi connectivity index (χ4v) is 30.2. The second-order valence-electron chi connectivity index (χ2n) is 26.9. The zero-order valence-electron chi connectivity index (χ0n) is 57.9. The van der Waals surface area contributed by atoms with E-state index in [2.05, 4.69) is 212 Å². The predicted octanol–water partition coefficient (Wildman–Crippen LogP) is 13.7. The molecule has 12 aromatic carbocycles. The van der Waals surface area contributed by atoms with Crippen molar-refractivity contribution >= 4 is 165 Å². The molecule has 0 saturated carbocycles. The Labute approximate surface area is 638 Å². The first kappa shape index (κ1) is 64.2. The zero-order valence-corrected chi connectivity index (χ0v) is 62.3. The van der Waals surface area contributed by atoms with Crippen LogP contribution in [0.25, 0.3) is 179 Å². The van der Waals surface area contributed by atoms with Gasteiger partial charge in [-0.25, -0.2) is 59.8 Å². The van der Waals surface area contributed by atoms with Crippen molar-refractivity contribution in [3.05, 3.63) is 303 Å². The van der Waals surface area contributed by atoms with Gasteiger partial charge >= 0.3 is 0 Å². The Bertz CT molecular complexity index is 7020. The van der Waals surface area contributed by atoms with Gasteiger partial charge in [0, 0.05) is 87.6 Å². The van der Waals surface area contributed by atoms with Crippen LogP contribution in [0.2, 0.25) is 0 Å². The lowest BCUT2D eigenvalue weighted by molar-refractivity contribution is 0.622. The molecule has 4 aliphatic heterocycles. The van der Waals surface area contributed by atoms with Crippen LogP contribution in [0, 0.1) is 0 Å². The summed E-state index contributed by atoms with van der Waals surface area (Å²) >= 11 is 2.34. The molecule has 0 fully saturated rings. The molecule has 4 aliphatic rings. The van der Waals surface area contributed by atoms with Crippen molar-refractivity contribution in [3.63, 3.8) is 0 Å². The summed E-state index contributed by atoms with van der Waals surface area (Å²) < 4.78 is 10.4. The maximum Gasteiger partial charge on any atom is 0.289 e. The summed E-state index contributed by atoms with van der Waals surface area (Å²) in [5.74, 6) is 4.67. The lowest BCUT2D eigenvalue weighted by Gasteiger charge is -2.37. The number of H-pyrrole nitrogens is 4. The van der Waals surface area contributed by atoms with E-state index in [1.165, 1.54) is 25.2 Å². The summed E-state index contributed by atoms with van der Waals surface area (Å²) in [6, 6.07) is 105. The Morgan fingerprint density at radius 3 is 0.853 bits per heavy atom. The lowest BCUT2D eigenvalue weighted by atomic mass is 10.1. The predicted molar refractivity (Wildman–Crippen MR) is 441 cm³/mol. The van der Waals surface area contributed by atoms with Crippen LogP contribution in [0.3, 0.4) is 0 Å². The molecule has 16 bridgehead atoms. The topological polar surface area (TPSA) is 227 Å². The van der Waals surface area contributed by atoms with Crippen molar-refractivity contribution < 1.29 is 4.12 Å². The fourth-order valence-electron chi connectivity index (χ4n) is 15.5. The van der Waals surface area contributed by atoms with Crippen LogP contribution >= 0.6 is 0 Å². The van der Waals surface area contributed by atoms with E-state index in [4.69, 9.17) is 63.9 Å². The molecular weight excluding hydrogens is 1410 g/mol. The second-order valence-corrected chi connectivity index (χ2v) is 36.9. The highest BCUT2D eigenvalue weighted by Crippen LogP contribution is 2.40. The van der Waals surface area contributed by atoms with Crippen molar-refractivity contribution in [2.45, 2.75) is 0 Å². The molecule has 109 heavy (non-hydrogen) atoms. The highest BCUT2D eigenvalue weighted by atomic mass is 28.8. The van der Waals surface area contributed by atoms with Crippen molar-refractivity contribution in [1.29, 1.82) is 0 Å². The van der Waals surface area contributed by atoms with Crippen LogP contribution in [0.5, 0.6) is 0 Å². The Morgan fingerprint density at radius 1 is 0.248 bits per heavy atom. The van der Waals surface area contributed by atoms with Crippen molar-refractivity contribution in [2.24, 2.45) is 0 Å². The second kappa shape index (κ2) is 26.4. The standard InChI is InChI=1S/2C32H17N8.C24H21OSi2.2Al/c2*1-2-10-18-17(9-1)25-33-26(18)38-28-21-13-5-6-14-22(21)30(35-28)40-32-24-16-8-7-15-23(24)31(36-32)39-29-20-12-4-3-11-19(20)27(34-29)37-25;1-5-13-21(14-6-1)26-25-27(22-15-7-2-8-16-22,23-17-9-3-10-18-23)24-19-11-4-12-20-24;;/h2*1-15H,(H2,33,34,35,36,37,38,39,40);1-20,26H;;. The number of aromatic amines is 4. The minimum absolute atomic E-state index is 0.475. The van der Waals surface area contributed by atoms with Gasteiger partial charge in [0.2, 0.25) is 0 Å². The fraction of sp³-hybridized carbons (Fsp3) is 0. The molecule has 6 aromatic heterocycles. The van der Waals surface area contributed by atoms with Gasteiger partial charge in [-0.2, -0.15) is 0 Å². The average molecular weight is 1460 g/mol. The quantitative estimate of drug-likeness (QED) is 0.0821. The van der Waals surface area contributed by atoms with E-state index in [0.29, 0.717) is 91.8 Å². The summed E-state index contributed by atoms with van der Waals surface area (Å²) in [5, 5.41) is 12.5. The molecular formula is C88H55Al2N16OSi2. The number of benzene rings is 12. The van der Waals surface area contributed by atoms with E-state index >= 15 is 0 Å². The zero-order chi connectivity index (χ0) is 72.1. The van der Waals surface area contributed by atoms with Crippen LogP contribution in [-0.4, -0.2) is 127 Å². The van der Waals surface area contributed by atoms with E-state index in [0.717, 1.165) is 92.0 Å². The highest BCUT2D eigenvalue weighted by Gasteiger charge is 2.44. The largest absolute Gasteiger partial charge is 0.456 e. The molecule has 3 radical (unpaired) electrons. The number of fused-ring (bicyclic) bond motifs is 40. The molecule has 1 unspecified atom stereocenters. The van der Waals surface area contributed by atoms with E-state index in [1.807, 2.05) is 127 Å². The normalized spacial score (nSPS) is 12.3. The number of aromatic nitrogens is 16. The average Bonchev–Trinajstić information content (AvgIpc) is 1.55. The van der Waals surface area contributed by atoms with Crippen LogP contribution < -0.4 is 29.6 Å². The third-order valence-corrected chi connectivity index (χ3v) is 33.4. The molecule has 18 aromatic rings. The van der Waals surface area contributed by atoms with Crippen molar-refractivity contribution in [1.82, 2.24) is 79.7 Å². The molecule has 21 heteroatoms. The van der Waals surface area contributed by atoms with Gasteiger partial charge in [-0.05, 0) is 20.7 Å². The number of nitrogens with one attached hydrogen (secondary N) is 4. The number of hydrogen-bond acceptors (Lipinski definition) is 13. The number of nitrogens with zero attached hydrogens (tertiary/aromatic N) is 12. The van der Waals surface area contributed by atoms with Gasteiger partial charge in [0.05, 0.1) is 0 Å². The molecule has 0 saturated heterocycles. The molecule has 0 aliphatic carbocycles. The Morgan fingerprint density at radius 2 is 0.505 bits per heavy atom. The molecule has 0 amide bonds. The van der Waals surface area contributed by atoms with Gasteiger partial charge < -0.3 is 24.1 Å². The van der Waals surface area contributed by atoms with Crippen molar-refractivity contribution in [2.75, 3.05) is 0 Å². The van der Waals surface area contributed by atoms with E-state index in [-0.39, 0.29) is 0 Å². The smallest absolute Gasteiger partial charge is 0.289 e. The molecule has 10 heterocycles. The third-order valence-electron chi connectivity index (χ3n) is 20.5. The first-order valence-electron chi connectivity index (χ1n) is 35.9. The highest BCUT2D eigenvalue weighted by molar-refractivity contribution is 7.25. The molecule has 507 valence electrons. The SMILES string of the molecule is [Al][c]1cccc2c3nc4nc(nc5[nH]c(nc6nc(nc([nH]3)c12)-c1ccccc1-6)c1ccccc51)-c1ccccc1-4.c1ccc([SiH](O[Si](c2ccccc2)(c2ccccc2)c2ccccc2)[Al][c]2cccc3c4nc5nc(nc6[nH]c(nc7nc(nc([nH]4)c23)-c2ccccc2-7)c2ccccc62)-c2ccccc2-5)cc1. The molecule has 22 rings (SSSR count). The molecule has 17 nitrogen and oxygen atoms in total. The summed E-state index contributed by atoms with van der Waals surface area (Å²) in [7, 11) is -5.45. The van der Waals surface area contributed by atoms with Crippen LogP contribution in [0.4, 0.5) is 0 Å². The minimum Gasteiger partial charge on any atom is -0.456 e. The third kappa shape index (κ3) is 11.1. The van der Waals surface area contributed by atoms with Gasteiger partial charge in [-0.1, -0.05) is 303 Å².